The van der Waals surface area contributed by atoms with E-state index in [1.54, 1.807) is 11.8 Å². The predicted molar refractivity (Wildman–Crippen MR) is 118 cm³/mol. The van der Waals surface area contributed by atoms with Crippen molar-refractivity contribution >= 4 is 22.7 Å². The largest absolute Gasteiger partial charge is 0.439 e. The number of thioether (sulfide) groups is 1. The Hall–Kier alpha value is -2.82. The van der Waals surface area contributed by atoms with Crippen LogP contribution >= 0.6 is 11.8 Å². The Balaban J connectivity index is 1.38. The maximum absolute atomic E-state index is 11.0. The van der Waals surface area contributed by atoms with E-state index >= 15 is 0 Å². The highest BCUT2D eigenvalue weighted by Gasteiger charge is 2.29. The Morgan fingerprint density at radius 2 is 1.76 bits per heavy atom. The number of aromatic nitrogens is 1. The number of nitrogens with zero attached hydrogens (tertiary/aromatic N) is 1. The second kappa shape index (κ2) is 7.90. The number of ether oxygens (including phenoxy) is 1. The molecule has 2 atom stereocenters. The minimum Gasteiger partial charge on any atom is -0.439 e. The van der Waals surface area contributed by atoms with Gasteiger partial charge < -0.3 is 9.84 Å². The normalized spacial score (nSPS) is 18.4. The molecule has 1 aliphatic heterocycles. The summed E-state index contributed by atoms with van der Waals surface area (Å²) in [5.41, 5.74) is 3.11. The third-order valence-electron chi connectivity index (χ3n) is 5.34. The van der Waals surface area contributed by atoms with Crippen LogP contribution in [0.5, 0.6) is 11.6 Å². The van der Waals surface area contributed by atoms with Crippen LogP contribution in [0.3, 0.4) is 0 Å². The fraction of sp³-hybridized carbons (Fsp3) is 0.160. The Bertz CT molecular complexity index is 1150. The van der Waals surface area contributed by atoms with Gasteiger partial charge in [-0.1, -0.05) is 48.5 Å². The van der Waals surface area contributed by atoms with Gasteiger partial charge in [-0.25, -0.2) is 4.98 Å². The van der Waals surface area contributed by atoms with Gasteiger partial charge in [0.05, 0.1) is 11.6 Å². The van der Waals surface area contributed by atoms with Gasteiger partial charge in [-0.2, -0.15) is 0 Å². The zero-order chi connectivity index (χ0) is 19.6. The lowest BCUT2D eigenvalue weighted by molar-refractivity contribution is 0.114. The summed E-state index contributed by atoms with van der Waals surface area (Å²) in [6, 6.07) is 28.2. The average molecular weight is 400 g/mol. The summed E-state index contributed by atoms with van der Waals surface area (Å²) in [4.78, 5) is 5.71. The van der Waals surface area contributed by atoms with Gasteiger partial charge in [0, 0.05) is 28.0 Å². The van der Waals surface area contributed by atoms with E-state index in [1.165, 1.54) is 5.56 Å². The molecule has 0 bridgehead atoms. The summed E-state index contributed by atoms with van der Waals surface area (Å²) in [6.45, 7) is 0. The number of pyridine rings is 1. The van der Waals surface area contributed by atoms with Crippen LogP contribution in [0.4, 0.5) is 0 Å². The van der Waals surface area contributed by atoms with Gasteiger partial charge in [0.1, 0.15) is 5.75 Å². The monoisotopic (exact) mass is 399 g/mol. The zero-order valence-corrected chi connectivity index (χ0v) is 16.7. The van der Waals surface area contributed by atoms with Crippen LogP contribution in [-0.4, -0.2) is 15.8 Å². The van der Waals surface area contributed by atoms with E-state index in [-0.39, 0.29) is 5.92 Å². The molecular formula is C25H21NO2S. The van der Waals surface area contributed by atoms with Crippen LogP contribution < -0.4 is 4.74 Å². The second-order valence-electron chi connectivity index (χ2n) is 7.35. The molecule has 0 spiro atoms. The van der Waals surface area contributed by atoms with Gasteiger partial charge in [0.25, 0.3) is 0 Å². The Morgan fingerprint density at radius 3 is 2.66 bits per heavy atom. The first kappa shape index (κ1) is 18.2. The van der Waals surface area contributed by atoms with Crippen LogP contribution in [0, 0.1) is 5.92 Å². The number of hydrogen-bond donors (Lipinski definition) is 1. The van der Waals surface area contributed by atoms with Crippen molar-refractivity contribution in [3.8, 4) is 11.6 Å². The number of aliphatic hydroxyl groups excluding tert-OH is 1. The smallest absolute Gasteiger partial charge is 0.219 e. The van der Waals surface area contributed by atoms with Crippen molar-refractivity contribution in [2.24, 2.45) is 5.92 Å². The molecule has 3 nitrogen and oxygen atoms in total. The van der Waals surface area contributed by atoms with Crippen molar-refractivity contribution in [2.45, 2.75) is 17.4 Å². The van der Waals surface area contributed by atoms with E-state index in [0.29, 0.717) is 11.6 Å². The number of hydrogen-bond acceptors (Lipinski definition) is 4. The molecule has 1 aliphatic rings. The summed E-state index contributed by atoms with van der Waals surface area (Å²) in [6.07, 6.45) is 0.366. The highest BCUT2D eigenvalue weighted by Crippen LogP contribution is 2.42. The molecule has 144 valence electrons. The van der Waals surface area contributed by atoms with Crippen molar-refractivity contribution in [3.05, 3.63) is 96.1 Å². The Kier molecular flexibility index (Phi) is 4.96. The van der Waals surface area contributed by atoms with Crippen molar-refractivity contribution in [3.63, 3.8) is 0 Å². The highest BCUT2D eigenvalue weighted by molar-refractivity contribution is 7.99. The van der Waals surface area contributed by atoms with E-state index in [0.717, 1.165) is 33.5 Å². The van der Waals surface area contributed by atoms with E-state index in [2.05, 4.69) is 17.1 Å². The fourth-order valence-corrected chi connectivity index (χ4v) is 5.01. The number of fused-ring (bicyclic) bond motifs is 2. The van der Waals surface area contributed by atoms with Gasteiger partial charge in [-0.05, 0) is 47.9 Å². The molecule has 1 aromatic heterocycles. The lowest BCUT2D eigenvalue weighted by atomic mass is 9.90. The SMILES string of the molecule is O[C@@H]1c2cc(Oc3ccc4ccccc4n3)ccc2SC[C@@H]1Cc1ccccc1. The van der Waals surface area contributed by atoms with E-state index in [1.807, 2.05) is 72.8 Å². The maximum atomic E-state index is 11.0. The molecule has 5 rings (SSSR count). The summed E-state index contributed by atoms with van der Waals surface area (Å²) in [7, 11) is 0. The van der Waals surface area contributed by atoms with Crippen molar-refractivity contribution in [1.29, 1.82) is 0 Å². The van der Waals surface area contributed by atoms with Gasteiger partial charge in [0.2, 0.25) is 5.88 Å². The Morgan fingerprint density at radius 1 is 0.931 bits per heavy atom. The van der Waals surface area contributed by atoms with Gasteiger partial charge in [-0.15, -0.1) is 11.8 Å². The van der Waals surface area contributed by atoms with Crippen molar-refractivity contribution < 1.29 is 9.84 Å². The Labute approximate surface area is 174 Å². The first-order valence-electron chi connectivity index (χ1n) is 9.79. The lowest BCUT2D eigenvalue weighted by Crippen LogP contribution is -2.22. The molecule has 0 saturated carbocycles. The van der Waals surface area contributed by atoms with Crippen molar-refractivity contribution in [2.75, 3.05) is 5.75 Å². The molecule has 0 radical (unpaired) electrons. The molecule has 0 fully saturated rings. The average Bonchev–Trinajstić information content (AvgIpc) is 2.77. The van der Waals surface area contributed by atoms with E-state index in [9.17, 15) is 5.11 Å². The minimum atomic E-state index is -0.500. The molecule has 0 saturated heterocycles. The lowest BCUT2D eigenvalue weighted by Gasteiger charge is -2.30. The standard InChI is InChI=1S/C25H21NO2S/c27-25-19(14-17-6-2-1-3-7-17)16-29-23-12-11-20(15-21(23)25)28-24-13-10-18-8-4-5-9-22(18)26-24/h1-13,15,19,25,27H,14,16H2/t19-,25-/m0/s1. The summed E-state index contributed by atoms with van der Waals surface area (Å²) < 4.78 is 6.02. The second-order valence-corrected chi connectivity index (χ2v) is 8.41. The quantitative estimate of drug-likeness (QED) is 0.455. The zero-order valence-electron chi connectivity index (χ0n) is 15.9. The van der Waals surface area contributed by atoms with Crippen LogP contribution in [0.25, 0.3) is 10.9 Å². The molecule has 4 aromatic rings. The summed E-state index contributed by atoms with van der Waals surface area (Å²) >= 11 is 1.81. The van der Waals surface area contributed by atoms with Crippen LogP contribution in [0.15, 0.2) is 89.8 Å². The van der Waals surface area contributed by atoms with Crippen molar-refractivity contribution in [1.82, 2.24) is 4.98 Å². The molecule has 4 heteroatoms. The van der Waals surface area contributed by atoms with Crippen LogP contribution in [-0.2, 0) is 6.42 Å². The number of para-hydroxylation sites is 1. The first-order chi connectivity index (χ1) is 14.3. The van der Waals surface area contributed by atoms with Gasteiger partial charge in [-0.3, -0.25) is 0 Å². The topological polar surface area (TPSA) is 42.4 Å². The number of rotatable bonds is 4. The molecular weight excluding hydrogens is 378 g/mol. The number of benzene rings is 3. The maximum Gasteiger partial charge on any atom is 0.219 e. The molecule has 0 amide bonds. The van der Waals surface area contributed by atoms with Gasteiger partial charge >= 0.3 is 0 Å². The minimum absolute atomic E-state index is 0.184. The first-order valence-corrected chi connectivity index (χ1v) is 10.8. The van der Waals surface area contributed by atoms with Crippen LogP contribution in [0.1, 0.15) is 17.2 Å². The fourth-order valence-electron chi connectivity index (χ4n) is 3.81. The summed E-state index contributed by atoms with van der Waals surface area (Å²) in [5.74, 6) is 2.35. The van der Waals surface area contributed by atoms with E-state index in [4.69, 9.17) is 4.74 Å². The summed E-state index contributed by atoms with van der Waals surface area (Å²) in [5, 5.41) is 12.1. The van der Waals surface area contributed by atoms with Crippen LogP contribution in [0.2, 0.25) is 0 Å². The molecule has 1 N–H and O–H groups in total. The highest BCUT2D eigenvalue weighted by atomic mass is 32.2. The third-order valence-corrected chi connectivity index (χ3v) is 6.61. The van der Waals surface area contributed by atoms with E-state index < -0.39 is 6.10 Å². The molecule has 2 heterocycles. The molecule has 0 unspecified atom stereocenters. The number of aliphatic hydroxyl groups is 1. The molecule has 0 aliphatic carbocycles. The van der Waals surface area contributed by atoms with Gasteiger partial charge in [0.15, 0.2) is 0 Å². The third kappa shape index (κ3) is 3.86. The molecule has 3 aromatic carbocycles. The molecule has 29 heavy (non-hydrogen) atoms. The predicted octanol–water partition coefficient (Wildman–Crippen LogP) is 6.03.